The number of hydrogen-bond acceptors (Lipinski definition) is 7. The van der Waals surface area contributed by atoms with Crippen molar-refractivity contribution in [2.24, 2.45) is 0 Å². The Labute approximate surface area is 104 Å². The molecular formula is C5H2N3NaO4S. The van der Waals surface area contributed by atoms with Crippen LogP contribution in [0.5, 0.6) is 0 Å². The van der Waals surface area contributed by atoms with Gasteiger partial charge in [-0.05, 0) is 0 Å². The monoisotopic (exact) mass is 223 g/mol. The van der Waals surface area contributed by atoms with E-state index in [1.807, 2.05) is 0 Å². The number of nitrogens with one attached hydrogen (secondary N) is 1. The van der Waals surface area contributed by atoms with E-state index >= 15 is 0 Å². The topological polar surface area (TPSA) is 112 Å². The third kappa shape index (κ3) is 3.14. The molecule has 9 heteroatoms. The van der Waals surface area contributed by atoms with Crippen molar-refractivity contribution in [2.45, 2.75) is 0 Å². The zero-order chi connectivity index (χ0) is 9.84. The number of anilines is 1. The van der Waals surface area contributed by atoms with Crippen LogP contribution in [-0.2, 0) is 9.59 Å². The second-order valence-electron chi connectivity index (χ2n) is 1.80. The van der Waals surface area contributed by atoms with Crippen LogP contribution in [0.4, 0.5) is 5.13 Å². The first-order valence-corrected chi connectivity index (χ1v) is 3.72. The number of amides is 1. The maximum Gasteiger partial charge on any atom is 1.00 e. The summed E-state index contributed by atoms with van der Waals surface area (Å²) in [6, 6.07) is 0. The predicted molar refractivity (Wildman–Crippen MR) is 38.9 cm³/mol. The summed E-state index contributed by atoms with van der Waals surface area (Å²) in [7, 11) is 0. The van der Waals surface area contributed by atoms with Crippen LogP contribution in [0, 0.1) is 0 Å². The Kier molecular flexibility index (Phi) is 5.46. The van der Waals surface area contributed by atoms with Gasteiger partial charge in [0.15, 0.2) is 0 Å². The maximum atomic E-state index is 10.7. The van der Waals surface area contributed by atoms with Gasteiger partial charge in [-0.2, -0.15) is 9.36 Å². The SMILES string of the molecule is O=CNc1nc(C(=O)C(=O)[O-])ns1.[Na+]. The van der Waals surface area contributed by atoms with Gasteiger partial charge in [0.2, 0.25) is 23.1 Å². The summed E-state index contributed by atoms with van der Waals surface area (Å²) >= 11 is 0.704. The molecule has 1 amide bonds. The molecule has 1 heterocycles. The van der Waals surface area contributed by atoms with Crippen LogP contribution in [0.3, 0.4) is 0 Å². The molecule has 1 N–H and O–H groups in total. The summed E-state index contributed by atoms with van der Waals surface area (Å²) in [5.41, 5.74) is 0. The van der Waals surface area contributed by atoms with Gasteiger partial charge < -0.3 is 15.2 Å². The zero-order valence-electron chi connectivity index (χ0n) is 7.01. The fourth-order valence-corrected chi connectivity index (χ4v) is 1.04. The first-order valence-electron chi connectivity index (χ1n) is 2.94. The summed E-state index contributed by atoms with van der Waals surface area (Å²) in [5, 5.41) is 12.2. The first kappa shape index (κ1) is 13.2. The molecule has 1 rings (SSSR count). The molecule has 68 valence electrons. The molecule has 0 saturated heterocycles. The van der Waals surface area contributed by atoms with E-state index < -0.39 is 17.6 Å². The average Bonchev–Trinajstić information content (AvgIpc) is 2.52. The minimum atomic E-state index is -1.88. The molecule has 0 atom stereocenters. The summed E-state index contributed by atoms with van der Waals surface area (Å²) in [5.74, 6) is -3.68. The molecule has 0 aliphatic carbocycles. The van der Waals surface area contributed by atoms with E-state index in [4.69, 9.17) is 0 Å². The molecule has 0 aromatic carbocycles. The van der Waals surface area contributed by atoms with Crippen LogP contribution >= 0.6 is 11.5 Å². The van der Waals surface area contributed by atoms with Crippen molar-refractivity contribution in [2.75, 3.05) is 5.32 Å². The number of carbonyl (C=O) groups excluding carboxylic acids is 3. The number of rotatable bonds is 4. The molecule has 1 aromatic rings. The third-order valence-corrected chi connectivity index (χ3v) is 1.64. The Morgan fingerprint density at radius 2 is 2.14 bits per heavy atom. The second kappa shape index (κ2) is 5.81. The van der Waals surface area contributed by atoms with E-state index in [0.717, 1.165) is 0 Å². The average molecular weight is 223 g/mol. The predicted octanol–water partition coefficient (Wildman–Crippen LogP) is -4.96. The molecule has 14 heavy (non-hydrogen) atoms. The normalized spacial score (nSPS) is 8.57. The molecule has 0 saturated carbocycles. The van der Waals surface area contributed by atoms with E-state index in [-0.39, 0.29) is 34.7 Å². The van der Waals surface area contributed by atoms with Crippen molar-refractivity contribution in [1.82, 2.24) is 9.36 Å². The molecule has 0 bridgehead atoms. The molecule has 0 fully saturated rings. The minimum Gasteiger partial charge on any atom is -0.541 e. The summed E-state index contributed by atoms with van der Waals surface area (Å²) < 4.78 is 3.39. The molecule has 0 radical (unpaired) electrons. The third-order valence-electron chi connectivity index (χ3n) is 0.997. The van der Waals surface area contributed by atoms with Gasteiger partial charge in [0.25, 0.3) is 0 Å². The minimum absolute atomic E-state index is 0. The molecular weight excluding hydrogens is 221 g/mol. The summed E-state index contributed by atoms with van der Waals surface area (Å²) in [6.07, 6.45) is 0.341. The number of Topliss-reactive ketones (excluding diaryl/α,β-unsaturated/α-hetero) is 1. The number of carbonyl (C=O) groups is 3. The Hall–Kier alpha value is -0.830. The molecule has 0 spiro atoms. The van der Waals surface area contributed by atoms with Gasteiger partial charge in [0.1, 0.15) is 5.97 Å². The van der Waals surface area contributed by atoms with Gasteiger partial charge in [-0.15, -0.1) is 0 Å². The van der Waals surface area contributed by atoms with Crippen molar-refractivity contribution in [3.63, 3.8) is 0 Å². The smallest absolute Gasteiger partial charge is 0.541 e. The maximum absolute atomic E-state index is 10.7. The number of aliphatic carboxylic acids is 1. The number of hydrogen-bond donors (Lipinski definition) is 1. The number of carboxylic acid groups (broad SMARTS) is 1. The largest absolute Gasteiger partial charge is 1.00 e. The van der Waals surface area contributed by atoms with Crippen LogP contribution in [-0.4, -0.2) is 27.5 Å². The van der Waals surface area contributed by atoms with Gasteiger partial charge in [0.05, 0.1) is 0 Å². The van der Waals surface area contributed by atoms with Crippen molar-refractivity contribution in [1.29, 1.82) is 0 Å². The number of ketones is 1. The van der Waals surface area contributed by atoms with E-state index in [1.165, 1.54) is 0 Å². The Morgan fingerprint density at radius 3 is 2.64 bits per heavy atom. The van der Waals surface area contributed by atoms with Gasteiger partial charge in [-0.1, -0.05) is 0 Å². The Morgan fingerprint density at radius 1 is 1.50 bits per heavy atom. The molecule has 7 nitrogen and oxygen atoms in total. The van der Waals surface area contributed by atoms with Crippen molar-refractivity contribution >= 4 is 34.8 Å². The molecule has 0 aliphatic heterocycles. The van der Waals surface area contributed by atoms with Gasteiger partial charge >= 0.3 is 29.6 Å². The van der Waals surface area contributed by atoms with Crippen LogP contribution < -0.4 is 40.0 Å². The van der Waals surface area contributed by atoms with Crippen LogP contribution in [0.2, 0.25) is 0 Å². The number of carboxylic acids is 1. The molecule has 0 unspecified atom stereocenters. The first-order chi connectivity index (χ1) is 6.15. The second-order valence-corrected chi connectivity index (χ2v) is 2.55. The van der Waals surface area contributed by atoms with Crippen LogP contribution in [0.1, 0.15) is 10.6 Å². The van der Waals surface area contributed by atoms with Crippen molar-refractivity contribution < 1.29 is 49.0 Å². The molecule has 1 aromatic heterocycles. The van der Waals surface area contributed by atoms with Crippen LogP contribution in [0.15, 0.2) is 0 Å². The fraction of sp³-hybridized carbons (Fsp3) is 0. The quantitative estimate of drug-likeness (QED) is 0.237. The summed E-state index contributed by atoms with van der Waals surface area (Å²) in [6.45, 7) is 0. The summed E-state index contributed by atoms with van der Waals surface area (Å²) in [4.78, 5) is 34.0. The van der Waals surface area contributed by atoms with Crippen molar-refractivity contribution in [3.8, 4) is 0 Å². The van der Waals surface area contributed by atoms with Crippen molar-refractivity contribution in [3.05, 3.63) is 5.82 Å². The van der Waals surface area contributed by atoms with E-state index in [9.17, 15) is 19.5 Å². The van der Waals surface area contributed by atoms with E-state index in [2.05, 4.69) is 14.7 Å². The van der Waals surface area contributed by atoms with E-state index in [0.29, 0.717) is 17.9 Å². The number of nitrogens with zero attached hydrogens (tertiary/aromatic N) is 2. The molecule has 0 aliphatic rings. The Bertz CT molecular complexity index is 366. The Balaban J connectivity index is 0.00000169. The standard InChI is InChI=1S/C5H3N3O4S.Na/c9-1-6-5-7-3(8-13-5)2(10)4(11)12;/h1H,(H,11,12)(H,6,7,8,9);/q;+1/p-1. The fourth-order valence-electron chi connectivity index (χ4n) is 0.516. The van der Waals surface area contributed by atoms with Gasteiger partial charge in [-0.3, -0.25) is 9.59 Å². The zero-order valence-corrected chi connectivity index (χ0v) is 9.83. The van der Waals surface area contributed by atoms with E-state index in [1.54, 1.807) is 0 Å². The van der Waals surface area contributed by atoms with Gasteiger partial charge in [-0.25, -0.2) is 0 Å². The van der Waals surface area contributed by atoms with Crippen LogP contribution in [0.25, 0.3) is 0 Å². The van der Waals surface area contributed by atoms with Gasteiger partial charge in [0, 0.05) is 11.5 Å². The number of aromatic nitrogens is 2.